The van der Waals surface area contributed by atoms with Gasteiger partial charge >= 0.3 is 0 Å². The first-order chi connectivity index (χ1) is 9.34. The molecule has 0 unspecified atom stereocenters. The number of halogens is 1. The third kappa shape index (κ3) is 4.02. The van der Waals surface area contributed by atoms with Crippen molar-refractivity contribution >= 4 is 26.0 Å². The molecule has 0 aliphatic carbocycles. The summed E-state index contributed by atoms with van der Waals surface area (Å²) in [6.45, 7) is 4.58. The summed E-state index contributed by atoms with van der Waals surface area (Å²) in [6, 6.07) is 3.22. The van der Waals surface area contributed by atoms with E-state index in [0.717, 1.165) is 0 Å². The normalized spacial score (nSPS) is 12.1. The Kier molecular flexibility index (Phi) is 6.60. The predicted octanol–water partition coefficient (Wildman–Crippen LogP) is 1.91. The summed E-state index contributed by atoms with van der Waals surface area (Å²) < 4.78 is 32.2. The van der Waals surface area contributed by atoms with Gasteiger partial charge in [0, 0.05) is 24.7 Å². The topological polar surface area (TPSA) is 66.8 Å². The fourth-order valence-electron chi connectivity index (χ4n) is 1.69. The summed E-state index contributed by atoms with van der Waals surface area (Å²) in [7, 11) is -2.07. The minimum Gasteiger partial charge on any atom is -0.392 e. The van der Waals surface area contributed by atoms with Gasteiger partial charge in [-0.25, -0.2) is 8.42 Å². The van der Waals surface area contributed by atoms with Crippen LogP contribution in [0.3, 0.4) is 0 Å². The zero-order valence-corrected chi connectivity index (χ0v) is 14.3. The Morgan fingerprint density at radius 1 is 1.40 bits per heavy atom. The summed E-state index contributed by atoms with van der Waals surface area (Å²) in [6.07, 6.45) is 0. The van der Waals surface area contributed by atoms with Crippen LogP contribution in [0.15, 0.2) is 21.5 Å². The smallest absolute Gasteiger partial charge is 0.243 e. The van der Waals surface area contributed by atoms with Gasteiger partial charge in [-0.2, -0.15) is 4.31 Å². The first-order valence-electron chi connectivity index (χ1n) is 6.28. The monoisotopic (exact) mass is 365 g/mol. The van der Waals surface area contributed by atoms with Crippen LogP contribution < -0.4 is 0 Å². The third-order valence-electron chi connectivity index (χ3n) is 2.98. The number of likely N-dealkylation sites (N-methyl/N-ethyl adjacent to an activating group) is 1. The molecule has 0 saturated heterocycles. The molecule has 114 valence electrons. The van der Waals surface area contributed by atoms with E-state index in [1.807, 2.05) is 6.92 Å². The molecule has 0 spiro atoms. The zero-order chi connectivity index (χ0) is 15.3. The average molecular weight is 366 g/mol. The molecule has 0 aromatic heterocycles. The van der Waals surface area contributed by atoms with Crippen molar-refractivity contribution in [3.63, 3.8) is 0 Å². The van der Waals surface area contributed by atoms with Crippen LogP contribution in [-0.2, 0) is 21.4 Å². The molecule has 20 heavy (non-hydrogen) atoms. The van der Waals surface area contributed by atoms with Crippen LogP contribution in [0.2, 0.25) is 0 Å². The Bertz CT molecular complexity index is 560. The van der Waals surface area contributed by atoms with E-state index >= 15 is 0 Å². The molecule has 0 amide bonds. The van der Waals surface area contributed by atoms with Crippen LogP contribution in [0.25, 0.3) is 0 Å². The molecule has 0 fully saturated rings. The highest BCUT2D eigenvalue weighted by molar-refractivity contribution is 9.10. The van der Waals surface area contributed by atoms with Crippen LogP contribution in [0, 0.1) is 6.92 Å². The van der Waals surface area contributed by atoms with E-state index < -0.39 is 10.0 Å². The number of hydrogen-bond donors (Lipinski definition) is 1. The first-order valence-corrected chi connectivity index (χ1v) is 8.51. The molecule has 0 aliphatic rings. The molecule has 1 N–H and O–H groups in total. The Labute approximate surface area is 128 Å². The third-order valence-corrected chi connectivity index (χ3v) is 5.79. The van der Waals surface area contributed by atoms with Crippen molar-refractivity contribution < 1.29 is 18.3 Å². The van der Waals surface area contributed by atoms with Gasteiger partial charge < -0.3 is 9.84 Å². The molecule has 0 bridgehead atoms. The van der Waals surface area contributed by atoms with Crippen molar-refractivity contribution in [1.29, 1.82) is 0 Å². The highest BCUT2D eigenvalue weighted by atomic mass is 79.9. The second-order valence-corrected chi connectivity index (χ2v) is 7.25. The summed E-state index contributed by atoms with van der Waals surface area (Å²) in [4.78, 5) is 0.204. The largest absolute Gasteiger partial charge is 0.392 e. The second-order valence-electron chi connectivity index (χ2n) is 4.38. The number of ether oxygens (including phenoxy) is 1. The van der Waals surface area contributed by atoms with Gasteiger partial charge in [0.2, 0.25) is 10.0 Å². The van der Waals surface area contributed by atoms with Gasteiger partial charge in [0.1, 0.15) is 0 Å². The Hall–Kier alpha value is -0.470. The second kappa shape index (κ2) is 7.51. The van der Waals surface area contributed by atoms with E-state index in [1.54, 1.807) is 13.0 Å². The van der Waals surface area contributed by atoms with Gasteiger partial charge in [0.25, 0.3) is 0 Å². The molecule has 0 aliphatic heterocycles. The lowest BCUT2D eigenvalue weighted by Gasteiger charge is -2.19. The van der Waals surface area contributed by atoms with Crippen molar-refractivity contribution in [2.24, 2.45) is 0 Å². The summed E-state index contributed by atoms with van der Waals surface area (Å²) in [5, 5.41) is 9.21. The van der Waals surface area contributed by atoms with Crippen molar-refractivity contribution in [3.05, 3.63) is 27.7 Å². The molecular formula is C13H20BrNO4S. The molecule has 5 nitrogen and oxygen atoms in total. The fourth-order valence-corrected chi connectivity index (χ4v) is 3.78. The fraction of sp³-hybridized carbons (Fsp3) is 0.538. The molecule has 0 radical (unpaired) electrons. The molecule has 1 rings (SSSR count). The number of aliphatic hydroxyl groups excluding tert-OH is 1. The van der Waals surface area contributed by atoms with Gasteiger partial charge in [-0.15, -0.1) is 0 Å². The van der Waals surface area contributed by atoms with E-state index in [1.165, 1.54) is 17.4 Å². The lowest BCUT2D eigenvalue weighted by molar-refractivity contribution is 0.138. The van der Waals surface area contributed by atoms with Crippen LogP contribution in [0.4, 0.5) is 0 Å². The van der Waals surface area contributed by atoms with Crippen molar-refractivity contribution in [2.45, 2.75) is 25.3 Å². The molecule has 0 saturated carbocycles. The van der Waals surface area contributed by atoms with Crippen molar-refractivity contribution in [2.75, 3.05) is 26.8 Å². The van der Waals surface area contributed by atoms with Crippen LogP contribution in [-0.4, -0.2) is 44.6 Å². The standard InChI is InChI=1S/C13H20BrNO4S/c1-4-19-6-5-15(3)20(17,18)13-8-11(9-16)7-12(14)10(13)2/h7-8,16H,4-6,9H2,1-3H3. The highest BCUT2D eigenvalue weighted by Crippen LogP contribution is 2.27. The maximum Gasteiger partial charge on any atom is 0.243 e. The molecular weight excluding hydrogens is 346 g/mol. The van der Waals surface area contributed by atoms with Crippen LogP contribution in [0.1, 0.15) is 18.1 Å². The Balaban J connectivity index is 3.11. The summed E-state index contributed by atoms with van der Waals surface area (Å²) in [5.41, 5.74) is 1.18. The number of rotatable bonds is 7. The average Bonchev–Trinajstić information content (AvgIpc) is 2.41. The SMILES string of the molecule is CCOCCN(C)S(=O)(=O)c1cc(CO)cc(Br)c1C. The highest BCUT2D eigenvalue weighted by Gasteiger charge is 2.24. The zero-order valence-electron chi connectivity index (χ0n) is 11.9. The maximum absolute atomic E-state index is 12.5. The van der Waals surface area contributed by atoms with Gasteiger partial charge in [-0.1, -0.05) is 15.9 Å². The van der Waals surface area contributed by atoms with E-state index in [9.17, 15) is 13.5 Å². The van der Waals surface area contributed by atoms with E-state index in [-0.39, 0.29) is 18.0 Å². The van der Waals surface area contributed by atoms with E-state index in [0.29, 0.717) is 28.8 Å². The number of benzene rings is 1. The minimum absolute atomic E-state index is 0.204. The van der Waals surface area contributed by atoms with Crippen LogP contribution >= 0.6 is 15.9 Å². The number of nitrogens with zero attached hydrogens (tertiary/aromatic N) is 1. The minimum atomic E-state index is -3.59. The van der Waals surface area contributed by atoms with Crippen molar-refractivity contribution in [3.8, 4) is 0 Å². The number of sulfonamides is 1. The summed E-state index contributed by atoms with van der Waals surface area (Å²) >= 11 is 3.32. The quantitative estimate of drug-likeness (QED) is 0.749. The molecule has 1 aromatic rings. The lowest BCUT2D eigenvalue weighted by Crippen LogP contribution is -2.31. The van der Waals surface area contributed by atoms with Crippen molar-refractivity contribution in [1.82, 2.24) is 4.31 Å². The Morgan fingerprint density at radius 3 is 2.60 bits per heavy atom. The van der Waals surface area contributed by atoms with Crippen LogP contribution in [0.5, 0.6) is 0 Å². The molecule has 1 aromatic carbocycles. The molecule has 7 heteroatoms. The lowest BCUT2D eigenvalue weighted by atomic mass is 10.2. The van der Waals surface area contributed by atoms with Gasteiger partial charge in [-0.3, -0.25) is 0 Å². The van der Waals surface area contributed by atoms with Gasteiger partial charge in [-0.05, 0) is 37.1 Å². The van der Waals surface area contributed by atoms with Gasteiger partial charge in [0.15, 0.2) is 0 Å². The van der Waals surface area contributed by atoms with E-state index in [2.05, 4.69) is 15.9 Å². The van der Waals surface area contributed by atoms with E-state index in [4.69, 9.17) is 4.74 Å². The predicted molar refractivity (Wildman–Crippen MR) is 81.1 cm³/mol. The Morgan fingerprint density at radius 2 is 2.05 bits per heavy atom. The number of aliphatic hydroxyl groups is 1. The number of hydrogen-bond acceptors (Lipinski definition) is 4. The first kappa shape index (κ1) is 17.6. The summed E-state index contributed by atoms with van der Waals surface area (Å²) in [5.74, 6) is 0. The molecule has 0 atom stereocenters. The van der Waals surface area contributed by atoms with Gasteiger partial charge in [0.05, 0.1) is 18.1 Å². The maximum atomic E-state index is 12.5. The molecule has 0 heterocycles.